The number of amides is 2. The van der Waals surface area contributed by atoms with Gasteiger partial charge in [-0.15, -0.1) is 0 Å². The summed E-state index contributed by atoms with van der Waals surface area (Å²) >= 11 is 0. The number of aromatic nitrogens is 1. The monoisotopic (exact) mass is 265 g/mol. The van der Waals surface area contributed by atoms with E-state index in [0.717, 1.165) is 18.5 Å². The van der Waals surface area contributed by atoms with Crippen LogP contribution in [0.3, 0.4) is 0 Å². The summed E-state index contributed by atoms with van der Waals surface area (Å²) < 4.78 is 0. The molecule has 0 aliphatic carbocycles. The zero-order valence-electron chi connectivity index (χ0n) is 10.8. The molecule has 3 N–H and O–H groups in total. The van der Waals surface area contributed by atoms with Crippen molar-refractivity contribution in [2.24, 2.45) is 0 Å². The van der Waals surface area contributed by atoms with Gasteiger partial charge in [-0.05, 0) is 31.4 Å². The van der Waals surface area contributed by atoms with Crippen LogP contribution in [0.4, 0.5) is 4.79 Å². The van der Waals surface area contributed by atoms with Gasteiger partial charge in [0, 0.05) is 31.4 Å². The molecule has 0 saturated heterocycles. The Morgan fingerprint density at radius 1 is 1.16 bits per heavy atom. The summed E-state index contributed by atoms with van der Waals surface area (Å²) in [4.78, 5) is 25.8. The Morgan fingerprint density at radius 3 is 2.53 bits per heavy atom. The van der Waals surface area contributed by atoms with Gasteiger partial charge in [-0.2, -0.15) is 0 Å². The van der Waals surface area contributed by atoms with Crippen LogP contribution in [0.5, 0.6) is 0 Å². The first kappa shape index (κ1) is 14.9. The summed E-state index contributed by atoms with van der Waals surface area (Å²) in [6.45, 7) is 0.944. The number of carbonyl (C=O) groups is 2. The Morgan fingerprint density at radius 2 is 1.89 bits per heavy atom. The largest absolute Gasteiger partial charge is 0.481 e. The lowest BCUT2D eigenvalue weighted by molar-refractivity contribution is -0.137. The molecule has 1 heterocycles. The fraction of sp³-hybridized carbons (Fsp3) is 0.462. The van der Waals surface area contributed by atoms with Gasteiger partial charge >= 0.3 is 12.0 Å². The van der Waals surface area contributed by atoms with Gasteiger partial charge in [-0.3, -0.25) is 9.78 Å². The maximum Gasteiger partial charge on any atom is 0.314 e. The topological polar surface area (TPSA) is 91.3 Å². The number of hydrogen-bond donors (Lipinski definition) is 3. The lowest BCUT2D eigenvalue weighted by Gasteiger charge is -2.06. The van der Waals surface area contributed by atoms with Crippen LogP contribution in [0.1, 0.15) is 25.0 Å². The van der Waals surface area contributed by atoms with Crippen LogP contribution >= 0.6 is 0 Å². The van der Waals surface area contributed by atoms with Crippen molar-refractivity contribution in [2.75, 3.05) is 13.1 Å². The predicted molar refractivity (Wildman–Crippen MR) is 70.8 cm³/mol. The second-order valence-electron chi connectivity index (χ2n) is 4.10. The number of carbonyl (C=O) groups excluding carboxylic acids is 1. The molecule has 0 aliphatic rings. The summed E-state index contributed by atoms with van der Waals surface area (Å²) in [6.07, 6.45) is 3.90. The van der Waals surface area contributed by atoms with E-state index in [0.29, 0.717) is 19.5 Å². The number of carboxylic acids is 1. The van der Waals surface area contributed by atoms with Crippen LogP contribution in [0.15, 0.2) is 24.4 Å². The highest BCUT2D eigenvalue weighted by Crippen LogP contribution is 1.96. The summed E-state index contributed by atoms with van der Waals surface area (Å²) in [7, 11) is 0. The highest BCUT2D eigenvalue weighted by molar-refractivity contribution is 5.73. The van der Waals surface area contributed by atoms with Gasteiger partial charge in [0.15, 0.2) is 0 Å². The SMILES string of the molecule is O=C(O)CCCNC(=O)NCCCc1ccccn1. The van der Waals surface area contributed by atoms with E-state index < -0.39 is 5.97 Å². The molecule has 1 rings (SSSR count). The zero-order valence-corrected chi connectivity index (χ0v) is 10.8. The molecule has 6 heteroatoms. The Balaban J connectivity index is 2.00. The van der Waals surface area contributed by atoms with Gasteiger partial charge in [-0.1, -0.05) is 6.07 Å². The minimum absolute atomic E-state index is 0.0694. The van der Waals surface area contributed by atoms with Crippen molar-refractivity contribution in [3.63, 3.8) is 0 Å². The third-order valence-corrected chi connectivity index (χ3v) is 2.47. The zero-order chi connectivity index (χ0) is 13.9. The molecule has 104 valence electrons. The maximum atomic E-state index is 11.3. The summed E-state index contributed by atoms with van der Waals surface area (Å²) in [5, 5.41) is 13.7. The molecule has 0 atom stereocenters. The molecule has 0 unspecified atom stereocenters. The fourth-order valence-electron chi connectivity index (χ4n) is 1.52. The van der Waals surface area contributed by atoms with Crippen LogP contribution in [0.2, 0.25) is 0 Å². The molecular weight excluding hydrogens is 246 g/mol. The highest BCUT2D eigenvalue weighted by atomic mass is 16.4. The van der Waals surface area contributed by atoms with E-state index in [9.17, 15) is 9.59 Å². The maximum absolute atomic E-state index is 11.3. The molecule has 0 radical (unpaired) electrons. The average molecular weight is 265 g/mol. The quantitative estimate of drug-likeness (QED) is 0.615. The molecule has 0 spiro atoms. The van der Waals surface area contributed by atoms with Crippen LogP contribution in [-0.4, -0.2) is 35.2 Å². The van der Waals surface area contributed by atoms with Crippen molar-refractivity contribution >= 4 is 12.0 Å². The summed E-state index contributed by atoms with van der Waals surface area (Å²) in [5.74, 6) is -0.849. The lowest BCUT2D eigenvalue weighted by atomic mass is 10.2. The van der Waals surface area contributed by atoms with Crippen molar-refractivity contribution in [1.29, 1.82) is 0 Å². The summed E-state index contributed by atoms with van der Waals surface area (Å²) in [6, 6.07) is 5.50. The van der Waals surface area contributed by atoms with Gasteiger partial charge in [0.25, 0.3) is 0 Å². The number of aryl methyl sites for hydroxylation is 1. The van der Waals surface area contributed by atoms with E-state index in [-0.39, 0.29) is 12.5 Å². The molecule has 0 aromatic carbocycles. The molecule has 1 aromatic rings. The van der Waals surface area contributed by atoms with Gasteiger partial charge in [0.05, 0.1) is 0 Å². The fourth-order valence-corrected chi connectivity index (χ4v) is 1.52. The van der Waals surface area contributed by atoms with E-state index in [4.69, 9.17) is 5.11 Å². The minimum Gasteiger partial charge on any atom is -0.481 e. The third-order valence-electron chi connectivity index (χ3n) is 2.47. The van der Waals surface area contributed by atoms with E-state index in [1.807, 2.05) is 18.2 Å². The summed E-state index contributed by atoms with van der Waals surface area (Å²) in [5.41, 5.74) is 1.01. The van der Waals surface area contributed by atoms with Gasteiger partial charge in [0.2, 0.25) is 0 Å². The number of pyridine rings is 1. The second kappa shape index (κ2) is 8.91. The van der Waals surface area contributed by atoms with E-state index in [2.05, 4.69) is 15.6 Å². The van der Waals surface area contributed by atoms with Crippen molar-refractivity contribution in [3.8, 4) is 0 Å². The first-order chi connectivity index (χ1) is 9.18. The minimum atomic E-state index is -0.849. The third kappa shape index (κ3) is 7.75. The molecule has 6 nitrogen and oxygen atoms in total. The molecule has 0 bridgehead atoms. The van der Waals surface area contributed by atoms with Crippen LogP contribution < -0.4 is 10.6 Å². The highest BCUT2D eigenvalue weighted by Gasteiger charge is 2.01. The Labute approximate surface area is 112 Å². The number of rotatable bonds is 8. The predicted octanol–water partition coefficient (Wildman–Crippen LogP) is 1.18. The average Bonchev–Trinajstić information content (AvgIpc) is 2.41. The Kier molecular flexibility index (Phi) is 7.01. The lowest BCUT2D eigenvalue weighted by Crippen LogP contribution is -2.36. The smallest absolute Gasteiger partial charge is 0.314 e. The van der Waals surface area contributed by atoms with Crippen molar-refractivity contribution < 1.29 is 14.7 Å². The molecule has 0 aliphatic heterocycles. The number of urea groups is 1. The van der Waals surface area contributed by atoms with E-state index in [1.165, 1.54) is 0 Å². The molecule has 0 fully saturated rings. The van der Waals surface area contributed by atoms with Crippen molar-refractivity contribution in [1.82, 2.24) is 15.6 Å². The number of aliphatic carboxylic acids is 1. The van der Waals surface area contributed by atoms with Gasteiger partial charge in [-0.25, -0.2) is 4.79 Å². The number of nitrogens with zero attached hydrogens (tertiary/aromatic N) is 1. The van der Waals surface area contributed by atoms with Crippen molar-refractivity contribution in [3.05, 3.63) is 30.1 Å². The number of nitrogens with one attached hydrogen (secondary N) is 2. The molecule has 19 heavy (non-hydrogen) atoms. The van der Waals surface area contributed by atoms with Crippen LogP contribution in [-0.2, 0) is 11.2 Å². The number of carboxylic acid groups (broad SMARTS) is 1. The van der Waals surface area contributed by atoms with Crippen LogP contribution in [0.25, 0.3) is 0 Å². The normalized spacial score (nSPS) is 9.89. The molecular formula is C13H19N3O3. The molecule has 2 amide bonds. The van der Waals surface area contributed by atoms with Crippen LogP contribution in [0, 0.1) is 0 Å². The second-order valence-corrected chi connectivity index (χ2v) is 4.10. The van der Waals surface area contributed by atoms with Crippen molar-refractivity contribution in [2.45, 2.75) is 25.7 Å². The van der Waals surface area contributed by atoms with Gasteiger partial charge in [0.1, 0.15) is 0 Å². The Hall–Kier alpha value is -2.11. The number of hydrogen-bond acceptors (Lipinski definition) is 3. The standard InChI is InChI=1S/C13H19N3O3/c17-12(18)7-4-10-16-13(19)15-9-3-6-11-5-1-2-8-14-11/h1-2,5,8H,3-4,6-7,9-10H2,(H,17,18)(H2,15,16,19). The van der Waals surface area contributed by atoms with Gasteiger partial charge < -0.3 is 15.7 Å². The first-order valence-corrected chi connectivity index (χ1v) is 6.32. The first-order valence-electron chi connectivity index (χ1n) is 6.32. The Bertz CT molecular complexity index is 395. The molecule has 0 saturated carbocycles. The van der Waals surface area contributed by atoms with E-state index in [1.54, 1.807) is 6.20 Å². The molecule has 1 aromatic heterocycles. The van der Waals surface area contributed by atoms with E-state index >= 15 is 0 Å².